The van der Waals surface area contributed by atoms with Gasteiger partial charge in [0.15, 0.2) is 11.8 Å². The third kappa shape index (κ3) is 8.82. The first-order valence-electron chi connectivity index (χ1n) is 8.81. The lowest BCUT2D eigenvalue weighted by atomic mass is 10.2. The van der Waals surface area contributed by atoms with E-state index in [1.807, 2.05) is 13.8 Å². The lowest BCUT2D eigenvalue weighted by Crippen LogP contribution is -2.39. The van der Waals surface area contributed by atoms with Crippen molar-refractivity contribution in [2.24, 2.45) is 10.7 Å². The molecule has 0 bridgehead atoms. The molecule has 0 spiro atoms. The predicted octanol–water partition coefficient (Wildman–Crippen LogP) is 1.37. The Morgan fingerprint density at radius 3 is 2.76 bits per heavy atom. The van der Waals surface area contributed by atoms with Gasteiger partial charge < -0.3 is 20.3 Å². The average molecular weight is 466 g/mol. The molecular weight excluding hydrogens is 435 g/mol. The normalized spacial score (nSPS) is 16.0. The molecule has 0 unspecified atom stereocenters. The van der Waals surface area contributed by atoms with E-state index in [1.54, 1.807) is 0 Å². The Morgan fingerprint density at radius 1 is 1.32 bits per heavy atom. The molecule has 3 N–H and O–H groups in total. The van der Waals surface area contributed by atoms with Crippen LogP contribution >= 0.6 is 24.0 Å². The summed E-state index contributed by atoms with van der Waals surface area (Å²) in [6, 6.07) is 0. The van der Waals surface area contributed by atoms with Gasteiger partial charge in [0.1, 0.15) is 0 Å². The summed E-state index contributed by atoms with van der Waals surface area (Å²) in [5, 5.41) is 7.11. The minimum Gasteiger partial charge on any atom is -0.379 e. The molecule has 2 heterocycles. The number of hydrogen-bond donors (Lipinski definition) is 2. The molecule has 9 heteroatoms. The standard InChI is InChI=1S/C16H30N6O2.HI/c1-13(2)15-20-14(24-21-15)5-3-6-18-16(17)19-7-4-8-22-9-11-23-12-10-22;/h13H,3-12H2,1-2H3,(H3,17,18,19);1H. The summed E-state index contributed by atoms with van der Waals surface area (Å²) in [4.78, 5) is 11.1. The first-order valence-corrected chi connectivity index (χ1v) is 8.81. The van der Waals surface area contributed by atoms with Crippen molar-refractivity contribution in [3.63, 3.8) is 0 Å². The van der Waals surface area contributed by atoms with E-state index in [1.165, 1.54) is 0 Å². The van der Waals surface area contributed by atoms with Gasteiger partial charge in [-0.05, 0) is 19.4 Å². The summed E-state index contributed by atoms with van der Waals surface area (Å²) < 4.78 is 10.5. The van der Waals surface area contributed by atoms with Gasteiger partial charge in [0.2, 0.25) is 5.89 Å². The van der Waals surface area contributed by atoms with Crippen molar-refractivity contribution in [3.8, 4) is 0 Å². The molecule has 8 nitrogen and oxygen atoms in total. The van der Waals surface area contributed by atoms with Crippen LogP contribution in [0.3, 0.4) is 0 Å². The number of halogens is 1. The second-order valence-corrected chi connectivity index (χ2v) is 6.31. The maximum Gasteiger partial charge on any atom is 0.226 e. The number of aryl methyl sites for hydroxylation is 1. The van der Waals surface area contributed by atoms with E-state index in [0.29, 0.717) is 18.4 Å². The molecule has 0 saturated carbocycles. The average Bonchev–Trinajstić information content (AvgIpc) is 3.06. The van der Waals surface area contributed by atoms with Crippen molar-refractivity contribution < 1.29 is 9.26 Å². The molecular formula is C16H31IN6O2. The Balaban J connectivity index is 0.00000312. The molecule has 1 aliphatic heterocycles. The lowest BCUT2D eigenvalue weighted by Gasteiger charge is -2.26. The minimum absolute atomic E-state index is 0. The fraction of sp³-hybridized carbons (Fsp3) is 0.812. The highest BCUT2D eigenvalue weighted by atomic mass is 127. The zero-order valence-corrected chi connectivity index (χ0v) is 17.6. The van der Waals surface area contributed by atoms with Crippen molar-refractivity contribution in [1.29, 1.82) is 0 Å². The molecule has 0 atom stereocenters. The summed E-state index contributed by atoms with van der Waals surface area (Å²) in [6.45, 7) is 10.4. The maximum absolute atomic E-state index is 5.87. The van der Waals surface area contributed by atoms with E-state index in [2.05, 4.69) is 25.3 Å². The first kappa shape index (κ1) is 22.1. The molecule has 1 fully saturated rings. The monoisotopic (exact) mass is 466 g/mol. The molecule has 1 aliphatic rings. The highest BCUT2D eigenvalue weighted by molar-refractivity contribution is 14.0. The fourth-order valence-corrected chi connectivity index (χ4v) is 2.43. The zero-order valence-electron chi connectivity index (χ0n) is 15.2. The third-order valence-electron chi connectivity index (χ3n) is 3.89. The van der Waals surface area contributed by atoms with E-state index in [-0.39, 0.29) is 29.9 Å². The smallest absolute Gasteiger partial charge is 0.226 e. The van der Waals surface area contributed by atoms with Gasteiger partial charge in [0.05, 0.1) is 13.2 Å². The van der Waals surface area contributed by atoms with Gasteiger partial charge >= 0.3 is 0 Å². The molecule has 1 saturated heterocycles. The molecule has 0 amide bonds. The first-order chi connectivity index (χ1) is 11.6. The van der Waals surface area contributed by atoms with Crippen molar-refractivity contribution >= 4 is 29.9 Å². The molecule has 0 radical (unpaired) electrons. The second-order valence-electron chi connectivity index (χ2n) is 6.31. The zero-order chi connectivity index (χ0) is 17.2. The molecule has 2 rings (SSSR count). The van der Waals surface area contributed by atoms with Crippen LogP contribution in [0.1, 0.15) is 44.3 Å². The van der Waals surface area contributed by atoms with E-state index in [9.17, 15) is 0 Å². The van der Waals surface area contributed by atoms with Crippen molar-refractivity contribution in [2.45, 2.75) is 39.0 Å². The quantitative estimate of drug-likeness (QED) is 0.245. The number of aliphatic imine (C=N–C) groups is 1. The van der Waals surface area contributed by atoms with Gasteiger partial charge in [-0.1, -0.05) is 19.0 Å². The third-order valence-corrected chi connectivity index (χ3v) is 3.89. The van der Waals surface area contributed by atoms with E-state index in [4.69, 9.17) is 15.0 Å². The van der Waals surface area contributed by atoms with Crippen LogP contribution in [-0.2, 0) is 11.2 Å². The second kappa shape index (κ2) is 12.4. The highest BCUT2D eigenvalue weighted by Crippen LogP contribution is 2.10. The lowest BCUT2D eigenvalue weighted by molar-refractivity contribution is 0.0376. The maximum atomic E-state index is 5.87. The molecule has 1 aromatic rings. The van der Waals surface area contributed by atoms with Crippen molar-refractivity contribution in [3.05, 3.63) is 11.7 Å². The van der Waals surface area contributed by atoms with Gasteiger partial charge in [0, 0.05) is 38.5 Å². The highest BCUT2D eigenvalue weighted by Gasteiger charge is 2.10. The van der Waals surface area contributed by atoms with Crippen LogP contribution in [0.25, 0.3) is 0 Å². The Labute approximate surface area is 167 Å². The summed E-state index contributed by atoms with van der Waals surface area (Å²) in [6.07, 6.45) is 2.62. The van der Waals surface area contributed by atoms with Crippen LogP contribution in [0.5, 0.6) is 0 Å². The molecule has 0 aromatic carbocycles. The number of aromatic nitrogens is 2. The largest absolute Gasteiger partial charge is 0.379 e. The Kier molecular flexibility index (Phi) is 11.0. The summed E-state index contributed by atoms with van der Waals surface area (Å²) in [7, 11) is 0. The van der Waals surface area contributed by atoms with Crippen LogP contribution in [0.15, 0.2) is 9.52 Å². The molecule has 144 valence electrons. The van der Waals surface area contributed by atoms with Crippen LogP contribution < -0.4 is 11.1 Å². The number of nitrogens with two attached hydrogens (primary N) is 1. The predicted molar refractivity (Wildman–Crippen MR) is 108 cm³/mol. The van der Waals surface area contributed by atoms with Crippen LogP contribution in [0, 0.1) is 0 Å². The van der Waals surface area contributed by atoms with Crippen LogP contribution in [0.2, 0.25) is 0 Å². The summed E-state index contributed by atoms with van der Waals surface area (Å²) in [5.74, 6) is 2.23. The van der Waals surface area contributed by atoms with Gasteiger partial charge in [-0.3, -0.25) is 9.89 Å². The van der Waals surface area contributed by atoms with Crippen molar-refractivity contribution in [1.82, 2.24) is 20.4 Å². The molecule has 1 aromatic heterocycles. The van der Waals surface area contributed by atoms with Gasteiger partial charge in [-0.15, -0.1) is 24.0 Å². The number of morpholine rings is 1. The summed E-state index contributed by atoms with van der Waals surface area (Å²) >= 11 is 0. The number of guanidine groups is 1. The number of rotatable bonds is 9. The fourth-order valence-electron chi connectivity index (χ4n) is 2.43. The number of ether oxygens (including phenoxy) is 1. The molecule has 0 aliphatic carbocycles. The minimum atomic E-state index is 0. The summed E-state index contributed by atoms with van der Waals surface area (Å²) in [5.41, 5.74) is 5.87. The number of hydrogen-bond acceptors (Lipinski definition) is 6. The van der Waals surface area contributed by atoms with Crippen LogP contribution in [0.4, 0.5) is 0 Å². The molecule has 25 heavy (non-hydrogen) atoms. The van der Waals surface area contributed by atoms with E-state index >= 15 is 0 Å². The Bertz CT molecular complexity index is 503. The van der Waals surface area contributed by atoms with E-state index < -0.39 is 0 Å². The number of nitrogens with zero attached hydrogens (tertiary/aromatic N) is 4. The topological polar surface area (TPSA) is 102 Å². The Morgan fingerprint density at radius 2 is 2.08 bits per heavy atom. The number of nitrogens with one attached hydrogen (secondary N) is 1. The van der Waals surface area contributed by atoms with Crippen LogP contribution in [-0.4, -0.2) is 66.9 Å². The van der Waals surface area contributed by atoms with Gasteiger partial charge in [-0.25, -0.2) is 0 Å². The van der Waals surface area contributed by atoms with Crippen molar-refractivity contribution in [2.75, 3.05) is 45.9 Å². The Hall–Kier alpha value is -0.940. The SMILES string of the molecule is CC(C)c1noc(CCCN=C(N)NCCCN2CCOCC2)n1.I. The van der Waals surface area contributed by atoms with Gasteiger partial charge in [0.25, 0.3) is 0 Å². The van der Waals surface area contributed by atoms with E-state index in [0.717, 1.165) is 64.5 Å². The van der Waals surface area contributed by atoms with Gasteiger partial charge in [-0.2, -0.15) is 4.98 Å².